The molecule has 18 heavy (non-hydrogen) atoms. The Morgan fingerprint density at radius 1 is 1.06 bits per heavy atom. The van der Waals surface area contributed by atoms with E-state index in [4.69, 9.17) is 21.7 Å². The van der Waals surface area contributed by atoms with E-state index < -0.39 is 0 Å². The lowest BCUT2D eigenvalue weighted by Gasteiger charge is -2.08. The summed E-state index contributed by atoms with van der Waals surface area (Å²) >= 11 is 5.08. The molecule has 0 spiro atoms. The fourth-order valence-electron chi connectivity index (χ4n) is 1.57. The van der Waals surface area contributed by atoms with Crippen LogP contribution in [0.25, 0.3) is 0 Å². The highest BCUT2D eigenvalue weighted by molar-refractivity contribution is 7.80. The van der Waals surface area contributed by atoms with E-state index in [9.17, 15) is 0 Å². The second-order valence-corrected chi connectivity index (χ2v) is 4.16. The van der Waals surface area contributed by atoms with Crippen molar-refractivity contribution < 1.29 is 9.47 Å². The van der Waals surface area contributed by atoms with Crippen molar-refractivity contribution in [3.63, 3.8) is 0 Å². The predicted molar refractivity (Wildman–Crippen MR) is 75.9 cm³/mol. The topological polar surface area (TPSA) is 18.5 Å². The lowest BCUT2D eigenvalue weighted by atomic mass is 10.2. The average Bonchev–Trinajstić information content (AvgIpc) is 2.45. The van der Waals surface area contributed by atoms with Crippen molar-refractivity contribution in [2.24, 2.45) is 0 Å². The molecule has 0 atom stereocenters. The Kier molecular flexibility index (Phi) is 4.31. The van der Waals surface area contributed by atoms with Crippen LogP contribution < -0.4 is 4.74 Å². The number of thiocarbonyl (C=S) groups is 1. The van der Waals surface area contributed by atoms with Gasteiger partial charge in [-0.25, -0.2) is 0 Å². The third-order valence-corrected chi connectivity index (χ3v) is 2.91. The molecule has 3 heteroatoms. The van der Waals surface area contributed by atoms with Crippen molar-refractivity contribution in [3.05, 3.63) is 65.7 Å². The summed E-state index contributed by atoms with van der Waals surface area (Å²) < 4.78 is 10.7. The normalized spacial score (nSPS) is 9.83. The molecule has 0 amide bonds. The highest BCUT2D eigenvalue weighted by Gasteiger charge is 2.02. The Balaban J connectivity index is 2.04. The minimum atomic E-state index is 0.472. The van der Waals surface area contributed by atoms with Crippen LogP contribution in [0.5, 0.6) is 5.75 Å². The molecule has 2 rings (SSSR count). The van der Waals surface area contributed by atoms with Gasteiger partial charge in [0.25, 0.3) is 0 Å². The van der Waals surface area contributed by atoms with Gasteiger partial charge >= 0.3 is 0 Å². The molecule has 0 saturated carbocycles. The van der Waals surface area contributed by atoms with E-state index in [1.54, 1.807) is 7.11 Å². The van der Waals surface area contributed by atoms with E-state index in [-0.39, 0.29) is 0 Å². The highest BCUT2D eigenvalue weighted by atomic mass is 32.1. The zero-order valence-corrected chi connectivity index (χ0v) is 10.9. The lowest BCUT2D eigenvalue weighted by Crippen LogP contribution is -2.00. The van der Waals surface area contributed by atoms with E-state index in [2.05, 4.69) is 0 Å². The third-order valence-electron chi connectivity index (χ3n) is 2.50. The summed E-state index contributed by atoms with van der Waals surface area (Å²) in [5.74, 6) is 0.788. The van der Waals surface area contributed by atoms with Crippen LogP contribution in [0.1, 0.15) is 11.1 Å². The van der Waals surface area contributed by atoms with Gasteiger partial charge in [-0.3, -0.25) is 0 Å². The van der Waals surface area contributed by atoms with E-state index in [1.807, 2.05) is 54.6 Å². The summed E-state index contributed by atoms with van der Waals surface area (Å²) in [5.41, 5.74) is 2.00. The summed E-state index contributed by atoms with van der Waals surface area (Å²) in [4.78, 5) is 0. The van der Waals surface area contributed by atoms with E-state index in [0.29, 0.717) is 11.7 Å². The number of hydrogen-bond acceptors (Lipinski definition) is 3. The summed E-state index contributed by atoms with van der Waals surface area (Å²) in [6.07, 6.45) is 0. The first-order valence-corrected chi connectivity index (χ1v) is 6.05. The van der Waals surface area contributed by atoms with Gasteiger partial charge in [-0.2, -0.15) is 0 Å². The third kappa shape index (κ3) is 3.31. The number of methoxy groups -OCH3 is 1. The number of hydrogen-bond donors (Lipinski definition) is 0. The van der Waals surface area contributed by atoms with Gasteiger partial charge in [-0.15, -0.1) is 0 Å². The van der Waals surface area contributed by atoms with Gasteiger partial charge in [-0.05, 0) is 29.9 Å². The molecule has 0 N–H and O–H groups in total. The first-order valence-electron chi connectivity index (χ1n) is 5.64. The summed E-state index contributed by atoms with van der Waals surface area (Å²) in [5, 5.41) is 0.472. The van der Waals surface area contributed by atoms with Crippen LogP contribution >= 0.6 is 12.2 Å². The molecule has 0 unspecified atom stereocenters. The standard InChI is InChI=1S/C15H14O2S/c1-16-15(18)13-8-5-9-14(10-13)17-11-12-6-3-2-4-7-12/h2-10H,11H2,1H3. The molecule has 0 bridgehead atoms. The predicted octanol–water partition coefficient (Wildman–Crippen LogP) is 3.59. The zero-order valence-electron chi connectivity index (χ0n) is 10.1. The first kappa shape index (κ1) is 12.6. The number of benzene rings is 2. The van der Waals surface area contributed by atoms with Crippen molar-refractivity contribution in [2.45, 2.75) is 6.61 Å². The Morgan fingerprint density at radius 3 is 2.56 bits per heavy atom. The second-order valence-electron chi connectivity index (χ2n) is 3.79. The molecule has 0 heterocycles. The Labute approximate surface area is 112 Å². The van der Waals surface area contributed by atoms with Gasteiger partial charge in [0.2, 0.25) is 0 Å². The van der Waals surface area contributed by atoms with Crippen molar-refractivity contribution >= 4 is 17.3 Å². The number of rotatable bonds is 4. The van der Waals surface area contributed by atoms with Gasteiger partial charge in [0, 0.05) is 5.56 Å². The Hall–Kier alpha value is -1.87. The van der Waals surface area contributed by atoms with Crippen LogP contribution in [0, 0.1) is 0 Å². The number of ether oxygens (including phenoxy) is 2. The molecule has 2 aromatic carbocycles. The van der Waals surface area contributed by atoms with E-state index in [1.165, 1.54) is 0 Å². The van der Waals surface area contributed by atoms with Crippen molar-refractivity contribution in [1.29, 1.82) is 0 Å². The molecule has 2 nitrogen and oxygen atoms in total. The van der Waals surface area contributed by atoms with Gasteiger partial charge in [0.1, 0.15) is 12.4 Å². The second kappa shape index (κ2) is 6.17. The van der Waals surface area contributed by atoms with Crippen LogP contribution in [0.4, 0.5) is 0 Å². The van der Waals surface area contributed by atoms with Gasteiger partial charge < -0.3 is 9.47 Å². The summed E-state index contributed by atoms with van der Waals surface area (Å²) in [6, 6.07) is 17.6. The zero-order chi connectivity index (χ0) is 12.8. The monoisotopic (exact) mass is 258 g/mol. The maximum atomic E-state index is 5.71. The molecule has 0 aliphatic rings. The molecule has 2 aromatic rings. The van der Waals surface area contributed by atoms with Crippen LogP contribution in [0.15, 0.2) is 54.6 Å². The lowest BCUT2D eigenvalue weighted by molar-refractivity contribution is 0.306. The maximum absolute atomic E-state index is 5.71. The molecule has 0 saturated heterocycles. The minimum Gasteiger partial charge on any atom is -0.489 e. The summed E-state index contributed by atoms with van der Waals surface area (Å²) in [6.45, 7) is 0.546. The molecular formula is C15H14O2S. The van der Waals surface area contributed by atoms with Crippen molar-refractivity contribution in [1.82, 2.24) is 0 Å². The van der Waals surface area contributed by atoms with Crippen molar-refractivity contribution in [2.75, 3.05) is 7.11 Å². The van der Waals surface area contributed by atoms with Gasteiger partial charge in [0.15, 0.2) is 5.05 Å². The van der Waals surface area contributed by atoms with Gasteiger partial charge in [0.05, 0.1) is 7.11 Å². The molecule has 0 aliphatic carbocycles. The molecule has 0 fully saturated rings. The van der Waals surface area contributed by atoms with E-state index >= 15 is 0 Å². The summed E-state index contributed by atoms with van der Waals surface area (Å²) in [7, 11) is 1.57. The quantitative estimate of drug-likeness (QED) is 0.781. The first-order chi connectivity index (χ1) is 8.79. The Bertz CT molecular complexity index is 523. The SMILES string of the molecule is COC(=S)c1cccc(OCc2ccccc2)c1. The van der Waals surface area contributed by atoms with E-state index in [0.717, 1.165) is 16.9 Å². The molecule has 0 radical (unpaired) electrons. The van der Waals surface area contributed by atoms with Crippen LogP contribution in [0.2, 0.25) is 0 Å². The average molecular weight is 258 g/mol. The smallest absolute Gasteiger partial charge is 0.190 e. The van der Waals surface area contributed by atoms with Crippen LogP contribution in [-0.4, -0.2) is 12.2 Å². The molecule has 92 valence electrons. The maximum Gasteiger partial charge on any atom is 0.190 e. The van der Waals surface area contributed by atoms with Crippen LogP contribution in [0.3, 0.4) is 0 Å². The largest absolute Gasteiger partial charge is 0.489 e. The van der Waals surface area contributed by atoms with Crippen molar-refractivity contribution in [3.8, 4) is 5.75 Å². The fourth-order valence-corrected chi connectivity index (χ4v) is 1.70. The molecule has 0 aromatic heterocycles. The Morgan fingerprint density at radius 2 is 1.83 bits per heavy atom. The highest BCUT2D eigenvalue weighted by Crippen LogP contribution is 2.16. The fraction of sp³-hybridized carbons (Fsp3) is 0.133. The molecular weight excluding hydrogens is 244 g/mol. The minimum absolute atomic E-state index is 0.472. The molecule has 0 aliphatic heterocycles. The van der Waals surface area contributed by atoms with Gasteiger partial charge in [-0.1, -0.05) is 42.5 Å². The van der Waals surface area contributed by atoms with Crippen LogP contribution in [-0.2, 0) is 11.3 Å².